The fraction of sp³-hybridized carbons (Fsp3) is 0.0732. The molecular formula is C41H35N3O3. The van der Waals surface area contributed by atoms with Crippen LogP contribution in [0.4, 0.5) is 0 Å². The summed E-state index contributed by atoms with van der Waals surface area (Å²) >= 11 is 0. The van der Waals surface area contributed by atoms with Crippen molar-refractivity contribution in [3.05, 3.63) is 215 Å². The molecule has 1 aliphatic rings. The van der Waals surface area contributed by atoms with E-state index in [0.29, 0.717) is 0 Å². The van der Waals surface area contributed by atoms with E-state index in [4.69, 9.17) is 15.3 Å². The molecule has 0 fully saturated rings. The molecule has 2 unspecified atom stereocenters. The highest BCUT2D eigenvalue weighted by Gasteiger charge is 2.29. The molecule has 0 amide bonds. The van der Waals surface area contributed by atoms with E-state index >= 15 is 0 Å². The summed E-state index contributed by atoms with van der Waals surface area (Å²) in [7, 11) is 0. The summed E-state index contributed by atoms with van der Waals surface area (Å²) in [5.74, 6) is 0. The third-order valence-corrected chi connectivity index (χ3v) is 8.34. The molecular weight excluding hydrogens is 582 g/mol. The van der Waals surface area contributed by atoms with Crippen LogP contribution in [0.3, 0.4) is 0 Å². The monoisotopic (exact) mass is 617 g/mol. The molecule has 1 heterocycles. The lowest BCUT2D eigenvalue weighted by Gasteiger charge is -2.34. The van der Waals surface area contributed by atoms with Gasteiger partial charge in [-0.25, -0.2) is 0 Å². The number of nitrogens with zero attached hydrogens (tertiary/aromatic N) is 3. The first-order valence-electron chi connectivity index (χ1n) is 15.5. The largest absolute Gasteiger partial charge is 0.348 e. The molecule has 1 N–H and O–H groups in total. The third kappa shape index (κ3) is 7.57. The summed E-state index contributed by atoms with van der Waals surface area (Å²) in [6.45, 7) is 0.778. The van der Waals surface area contributed by atoms with Crippen LogP contribution in [-0.4, -0.2) is 26.8 Å². The van der Waals surface area contributed by atoms with Crippen molar-refractivity contribution >= 4 is 0 Å². The van der Waals surface area contributed by atoms with Gasteiger partial charge in [0, 0.05) is 12.4 Å². The molecule has 6 aromatic rings. The lowest BCUT2D eigenvalue weighted by molar-refractivity contribution is -0.742. The summed E-state index contributed by atoms with van der Waals surface area (Å²) in [4.78, 5) is 13.3. The number of rotatable bonds is 8. The highest BCUT2D eigenvalue weighted by atomic mass is 16.9. The second-order valence-corrected chi connectivity index (χ2v) is 11.3. The standard InChI is InChI=1S/C41H34N2.HNO3/c1-5-13-32(14-6-1)34-21-25-38(26-22-34)40(36-17-9-3-10-18-36)42-29-30-43(31-42)41(37-19-11-4-12-20-37)39-27-23-35(24-28-39)33-15-7-2-8-16-33;2-1(3)4/h1-30,40-41H,31H2;(H,2,3,4). The van der Waals surface area contributed by atoms with Crippen molar-refractivity contribution < 1.29 is 10.3 Å². The van der Waals surface area contributed by atoms with Gasteiger partial charge in [-0.05, 0) is 44.5 Å². The van der Waals surface area contributed by atoms with E-state index in [1.54, 1.807) is 0 Å². The van der Waals surface area contributed by atoms with Crippen LogP contribution in [0, 0.1) is 10.1 Å². The van der Waals surface area contributed by atoms with Gasteiger partial charge in [-0.2, -0.15) is 0 Å². The molecule has 0 aliphatic carbocycles. The third-order valence-electron chi connectivity index (χ3n) is 8.34. The van der Waals surface area contributed by atoms with Gasteiger partial charge >= 0.3 is 0 Å². The van der Waals surface area contributed by atoms with Gasteiger partial charge in [-0.3, -0.25) is 0 Å². The lowest BCUT2D eigenvalue weighted by atomic mass is 9.94. The maximum atomic E-state index is 8.36. The molecule has 6 heteroatoms. The molecule has 232 valence electrons. The maximum absolute atomic E-state index is 8.36. The molecule has 0 saturated heterocycles. The quantitative estimate of drug-likeness (QED) is 0.136. The van der Waals surface area contributed by atoms with Crippen LogP contribution < -0.4 is 0 Å². The van der Waals surface area contributed by atoms with E-state index in [1.807, 2.05) is 0 Å². The smallest absolute Gasteiger partial charge is 0.291 e. The zero-order valence-corrected chi connectivity index (χ0v) is 25.8. The Morgan fingerprint density at radius 1 is 0.447 bits per heavy atom. The molecule has 1 aliphatic heterocycles. The Morgan fingerprint density at radius 3 is 1.02 bits per heavy atom. The Morgan fingerprint density at radius 2 is 0.702 bits per heavy atom. The summed E-state index contributed by atoms with van der Waals surface area (Å²) < 4.78 is 0. The molecule has 0 bridgehead atoms. The van der Waals surface area contributed by atoms with Gasteiger partial charge in [-0.15, -0.1) is 10.1 Å². The summed E-state index contributed by atoms with van der Waals surface area (Å²) in [6, 6.07) is 61.2. The van der Waals surface area contributed by atoms with Gasteiger partial charge < -0.3 is 15.0 Å². The van der Waals surface area contributed by atoms with Gasteiger partial charge in [-0.1, -0.05) is 170 Å². The van der Waals surface area contributed by atoms with Gasteiger partial charge in [0.15, 0.2) is 0 Å². The van der Waals surface area contributed by atoms with Crippen molar-refractivity contribution in [3.63, 3.8) is 0 Å². The first kappa shape index (κ1) is 30.9. The van der Waals surface area contributed by atoms with Crippen LogP contribution in [0.5, 0.6) is 0 Å². The Bertz CT molecular complexity index is 1740. The molecule has 0 spiro atoms. The summed E-state index contributed by atoms with van der Waals surface area (Å²) in [5, 5.41) is 13.6. The van der Waals surface area contributed by atoms with Crippen LogP contribution in [0.2, 0.25) is 0 Å². The Balaban J connectivity index is 0.000000915. The minimum atomic E-state index is -1.50. The maximum Gasteiger partial charge on any atom is 0.291 e. The van der Waals surface area contributed by atoms with Crippen LogP contribution in [0.15, 0.2) is 182 Å². The molecule has 6 nitrogen and oxygen atoms in total. The van der Waals surface area contributed by atoms with Crippen molar-refractivity contribution in [1.29, 1.82) is 0 Å². The highest BCUT2D eigenvalue weighted by Crippen LogP contribution is 2.37. The minimum Gasteiger partial charge on any atom is -0.348 e. The van der Waals surface area contributed by atoms with E-state index in [0.717, 1.165) is 6.67 Å². The first-order chi connectivity index (χ1) is 23.1. The van der Waals surface area contributed by atoms with E-state index in [2.05, 4.69) is 192 Å². The first-order valence-corrected chi connectivity index (χ1v) is 15.5. The summed E-state index contributed by atoms with van der Waals surface area (Å²) in [5.41, 5.74) is 10.1. The average Bonchev–Trinajstić information content (AvgIpc) is 3.59. The van der Waals surface area contributed by atoms with Crippen molar-refractivity contribution in [2.75, 3.05) is 6.67 Å². The number of benzene rings is 6. The zero-order chi connectivity index (χ0) is 32.4. The molecule has 0 aromatic heterocycles. The normalized spacial score (nSPS) is 13.4. The average molecular weight is 618 g/mol. The summed E-state index contributed by atoms with van der Waals surface area (Å²) in [6.07, 6.45) is 4.52. The fourth-order valence-electron chi connectivity index (χ4n) is 6.19. The Kier molecular flexibility index (Phi) is 9.69. The molecule has 47 heavy (non-hydrogen) atoms. The van der Waals surface area contributed by atoms with Crippen molar-refractivity contribution in [2.24, 2.45) is 0 Å². The Hall–Kier alpha value is -6.14. The molecule has 7 rings (SSSR count). The highest BCUT2D eigenvalue weighted by molar-refractivity contribution is 5.64. The van der Waals surface area contributed by atoms with Crippen molar-refractivity contribution in [2.45, 2.75) is 12.1 Å². The van der Waals surface area contributed by atoms with Gasteiger partial charge in [0.1, 0.15) is 0 Å². The van der Waals surface area contributed by atoms with Crippen LogP contribution in [-0.2, 0) is 0 Å². The second kappa shape index (κ2) is 14.8. The minimum absolute atomic E-state index is 0.101. The number of hydrogen-bond acceptors (Lipinski definition) is 4. The van der Waals surface area contributed by atoms with Crippen LogP contribution in [0.25, 0.3) is 22.3 Å². The molecule has 0 radical (unpaired) electrons. The molecule has 0 saturated carbocycles. The van der Waals surface area contributed by atoms with Crippen LogP contribution >= 0.6 is 0 Å². The van der Waals surface area contributed by atoms with Crippen molar-refractivity contribution in [1.82, 2.24) is 9.80 Å². The predicted octanol–water partition coefficient (Wildman–Crippen LogP) is 9.60. The molecule has 2 atom stereocenters. The molecule has 6 aromatic carbocycles. The number of hydrogen-bond donors (Lipinski definition) is 1. The van der Waals surface area contributed by atoms with Gasteiger partial charge in [0.05, 0.1) is 18.8 Å². The van der Waals surface area contributed by atoms with Crippen molar-refractivity contribution in [3.8, 4) is 22.3 Å². The fourth-order valence-corrected chi connectivity index (χ4v) is 6.19. The zero-order valence-electron chi connectivity index (χ0n) is 25.8. The predicted molar refractivity (Wildman–Crippen MR) is 187 cm³/mol. The van der Waals surface area contributed by atoms with E-state index in [1.165, 1.54) is 44.5 Å². The Labute approximate surface area is 275 Å². The van der Waals surface area contributed by atoms with Gasteiger partial charge in [0.25, 0.3) is 5.09 Å². The second-order valence-electron chi connectivity index (χ2n) is 11.3. The van der Waals surface area contributed by atoms with Gasteiger partial charge in [0.2, 0.25) is 0 Å². The SMILES string of the molecule is C1=CN(C(c2ccccc2)c2ccc(-c3ccccc3)cc2)CN1C(c1ccccc1)c1ccc(-c2ccccc2)cc1.O=[N+]([O-])O. The van der Waals surface area contributed by atoms with E-state index < -0.39 is 5.09 Å². The topological polar surface area (TPSA) is 69.9 Å². The van der Waals surface area contributed by atoms with E-state index in [9.17, 15) is 0 Å². The lowest BCUT2D eigenvalue weighted by Crippen LogP contribution is -2.32. The van der Waals surface area contributed by atoms with E-state index in [-0.39, 0.29) is 12.1 Å². The van der Waals surface area contributed by atoms with Crippen LogP contribution in [0.1, 0.15) is 34.3 Å².